The van der Waals surface area contributed by atoms with Crippen molar-refractivity contribution in [2.75, 3.05) is 0 Å². The van der Waals surface area contributed by atoms with Gasteiger partial charge in [0.2, 0.25) is 0 Å². The largest absolute Gasteiger partial charge is 2.00 e. The molecule has 5 heteroatoms. The van der Waals surface area contributed by atoms with Gasteiger partial charge in [0, 0.05) is 0 Å². The van der Waals surface area contributed by atoms with Gasteiger partial charge in [-0.05, 0) is 60.7 Å². The Morgan fingerprint density at radius 2 is 0.489 bits per heavy atom. The second-order valence-electron chi connectivity index (χ2n) is 11.0. The van der Waals surface area contributed by atoms with Crippen LogP contribution < -0.4 is 31.8 Å². The molecular formula is C42H34N2P2Pt+2. The normalized spacial score (nSPS) is 10.8. The van der Waals surface area contributed by atoms with Crippen molar-refractivity contribution >= 4 is 70.4 Å². The van der Waals surface area contributed by atoms with Gasteiger partial charge >= 0.3 is 21.1 Å². The summed E-state index contributed by atoms with van der Waals surface area (Å²) in [5.74, 6) is 0. The van der Waals surface area contributed by atoms with Crippen molar-refractivity contribution in [2.45, 2.75) is 0 Å². The van der Waals surface area contributed by atoms with Crippen LogP contribution in [0.25, 0.3) is 10.6 Å². The van der Waals surface area contributed by atoms with Gasteiger partial charge in [0.25, 0.3) is 0 Å². The van der Waals surface area contributed by atoms with E-state index in [1.165, 1.54) is 31.8 Å². The second-order valence-corrected chi connectivity index (χ2v) is 15.8. The molecule has 0 amide bonds. The molecule has 0 saturated carbocycles. The molecule has 0 saturated heterocycles. The molecule has 0 atom stereocenters. The van der Waals surface area contributed by atoms with E-state index in [0.717, 1.165) is 22.7 Å². The summed E-state index contributed by atoms with van der Waals surface area (Å²) in [4.78, 5) is 0. The Morgan fingerprint density at radius 3 is 0.787 bits per heavy atom. The molecule has 7 aromatic rings. The smallest absolute Gasteiger partial charge is 0.656 e. The van der Waals surface area contributed by atoms with Crippen LogP contribution in [0.4, 0.5) is 22.7 Å². The van der Waals surface area contributed by atoms with Crippen LogP contribution in [-0.4, -0.2) is 0 Å². The zero-order valence-electron chi connectivity index (χ0n) is 25.7. The average molecular weight is 824 g/mol. The Kier molecular flexibility index (Phi) is 11.1. The predicted octanol–water partition coefficient (Wildman–Crippen LogP) is 9.34. The summed E-state index contributed by atoms with van der Waals surface area (Å²) < 4.78 is 0. The number of hydrogen-bond donors (Lipinski definition) is 0. The zero-order valence-corrected chi connectivity index (χ0v) is 30.0. The van der Waals surface area contributed by atoms with E-state index in [-0.39, 0.29) is 21.1 Å². The van der Waals surface area contributed by atoms with Crippen LogP contribution in [0.5, 0.6) is 0 Å². The predicted molar refractivity (Wildman–Crippen MR) is 205 cm³/mol. The van der Waals surface area contributed by atoms with Crippen LogP contribution in [0.3, 0.4) is 0 Å². The Balaban J connectivity index is 0.00000386. The van der Waals surface area contributed by atoms with Gasteiger partial charge in [0.1, 0.15) is 21.2 Å². The summed E-state index contributed by atoms with van der Waals surface area (Å²) in [5.41, 5.74) is 3.69. The monoisotopic (exact) mass is 823 g/mol. The molecular weight excluding hydrogens is 790 g/mol. The number of nitrogens with zero attached hydrogens (tertiary/aromatic N) is 2. The van der Waals surface area contributed by atoms with Crippen molar-refractivity contribution in [3.8, 4) is 0 Å². The van der Waals surface area contributed by atoms with E-state index in [0.29, 0.717) is 0 Å². The van der Waals surface area contributed by atoms with Gasteiger partial charge in [0.15, 0.2) is 0 Å². The van der Waals surface area contributed by atoms with Gasteiger partial charge in [-0.15, -0.1) is 0 Å². The maximum atomic E-state index is 5.34. The van der Waals surface area contributed by atoms with Crippen LogP contribution in [0, 0.1) is 0 Å². The third-order valence-electron chi connectivity index (χ3n) is 7.96. The zero-order chi connectivity index (χ0) is 31.0. The minimum absolute atomic E-state index is 0. The number of hydrogen-bond acceptors (Lipinski definition) is 0. The minimum atomic E-state index is -1.30. The first-order valence-electron chi connectivity index (χ1n) is 15.5. The molecule has 0 heterocycles. The summed E-state index contributed by atoms with van der Waals surface area (Å²) in [5, 5.41) is 18.6. The van der Waals surface area contributed by atoms with E-state index in [1.54, 1.807) is 0 Å². The topological polar surface area (TPSA) is 28.2 Å². The van der Waals surface area contributed by atoms with Crippen LogP contribution >= 0.6 is 15.8 Å². The fourth-order valence-corrected chi connectivity index (χ4v) is 11.2. The molecule has 0 spiro atoms. The molecule has 0 unspecified atom stereocenters. The van der Waals surface area contributed by atoms with Gasteiger partial charge in [-0.1, -0.05) is 145 Å². The van der Waals surface area contributed by atoms with Gasteiger partial charge in [-0.2, -0.15) is 11.4 Å². The first-order chi connectivity index (χ1) is 22.8. The molecule has 230 valence electrons. The average Bonchev–Trinajstić information content (AvgIpc) is 3.13. The van der Waals surface area contributed by atoms with Crippen molar-refractivity contribution in [1.82, 2.24) is 0 Å². The molecule has 0 aromatic heterocycles. The van der Waals surface area contributed by atoms with Crippen molar-refractivity contribution in [3.05, 3.63) is 205 Å². The van der Waals surface area contributed by atoms with E-state index in [4.69, 9.17) is 10.6 Å². The van der Waals surface area contributed by atoms with Gasteiger partial charge in [-0.3, -0.25) is 0 Å². The minimum Gasteiger partial charge on any atom is -0.656 e. The standard InChI is InChI=1S/C42H32N2P2.Pt/c1-5-19-33(20-6-1)45(34-21-7-2-8-22-34)41-31-17-15-29-39(41)43-37-27-13-14-28-38(37)44-40-30-16-18-32-42(40)46(35-23-9-3-10-24-35)36-25-11-4-12-26-36;/h1-32H;/q-2;+2/p+2. The van der Waals surface area contributed by atoms with Crippen LogP contribution in [0.15, 0.2) is 194 Å². The molecule has 0 N–H and O–H groups in total. The third kappa shape index (κ3) is 7.64. The Labute approximate surface area is 294 Å². The maximum Gasteiger partial charge on any atom is 2.00 e. The molecule has 0 aliphatic carbocycles. The van der Waals surface area contributed by atoms with Crippen molar-refractivity contribution in [2.24, 2.45) is 0 Å². The van der Waals surface area contributed by atoms with Gasteiger partial charge in [0.05, 0.1) is 26.5 Å². The van der Waals surface area contributed by atoms with E-state index in [1.807, 2.05) is 0 Å². The van der Waals surface area contributed by atoms with E-state index in [9.17, 15) is 0 Å². The number of benzene rings is 7. The molecule has 0 fully saturated rings. The summed E-state index contributed by atoms with van der Waals surface area (Å²) in [7, 11) is -2.59. The molecule has 47 heavy (non-hydrogen) atoms. The molecule has 0 aliphatic rings. The summed E-state index contributed by atoms with van der Waals surface area (Å²) in [6, 6.07) is 68.9. The third-order valence-corrected chi connectivity index (χ3v) is 13.5. The Hall–Kier alpha value is -4.31. The van der Waals surface area contributed by atoms with E-state index in [2.05, 4.69) is 194 Å². The van der Waals surface area contributed by atoms with Gasteiger partial charge < -0.3 is 10.6 Å². The van der Waals surface area contributed by atoms with Crippen molar-refractivity contribution in [1.29, 1.82) is 0 Å². The summed E-state index contributed by atoms with van der Waals surface area (Å²) >= 11 is 0. The molecule has 7 aromatic carbocycles. The number of para-hydroxylation sites is 4. The van der Waals surface area contributed by atoms with E-state index >= 15 is 0 Å². The molecule has 0 aliphatic heterocycles. The first-order valence-corrected chi connectivity index (χ1v) is 18.5. The van der Waals surface area contributed by atoms with Gasteiger partial charge in [-0.25, -0.2) is 0 Å². The SMILES string of the molecule is [Pt+2].c1ccc([PH+](c2ccccc2)c2ccccc2[N-]c2ccccc2[N-]c2ccccc2[PH+](c2ccccc2)c2ccccc2)cc1. The second kappa shape index (κ2) is 16.0. The maximum absolute atomic E-state index is 5.34. The fourth-order valence-electron chi connectivity index (χ4n) is 5.85. The van der Waals surface area contributed by atoms with Crippen molar-refractivity contribution in [3.63, 3.8) is 0 Å². The van der Waals surface area contributed by atoms with Crippen LogP contribution in [0.1, 0.15) is 0 Å². The summed E-state index contributed by atoms with van der Waals surface area (Å²) in [6.45, 7) is 0. The van der Waals surface area contributed by atoms with Crippen LogP contribution in [0.2, 0.25) is 0 Å². The Morgan fingerprint density at radius 1 is 0.255 bits per heavy atom. The quantitative estimate of drug-likeness (QED) is 0.123. The van der Waals surface area contributed by atoms with Crippen molar-refractivity contribution < 1.29 is 21.1 Å². The first kappa shape index (κ1) is 32.6. The number of rotatable bonds is 10. The summed E-state index contributed by atoms with van der Waals surface area (Å²) in [6.07, 6.45) is 0. The molecule has 7 rings (SSSR count). The molecule has 2 nitrogen and oxygen atoms in total. The molecule has 0 radical (unpaired) electrons. The Bertz CT molecular complexity index is 1780. The molecule has 0 bridgehead atoms. The van der Waals surface area contributed by atoms with Crippen LogP contribution in [-0.2, 0) is 21.1 Å². The van der Waals surface area contributed by atoms with E-state index < -0.39 is 15.8 Å². The fraction of sp³-hybridized carbons (Fsp3) is 0.